The van der Waals surface area contributed by atoms with Gasteiger partial charge in [-0.3, -0.25) is 0 Å². The molecule has 0 bridgehead atoms. The largest absolute Gasteiger partial charge is 0.310 e. The highest BCUT2D eigenvalue weighted by Gasteiger charge is 2.10. The van der Waals surface area contributed by atoms with Crippen LogP contribution in [0.3, 0.4) is 0 Å². The lowest BCUT2D eigenvalue weighted by Crippen LogP contribution is -2.22. The summed E-state index contributed by atoms with van der Waals surface area (Å²) in [5, 5.41) is 4.80. The molecule has 0 aliphatic rings. The van der Waals surface area contributed by atoms with Crippen LogP contribution in [-0.2, 0) is 6.54 Å². The van der Waals surface area contributed by atoms with E-state index >= 15 is 0 Å². The van der Waals surface area contributed by atoms with Crippen molar-refractivity contribution in [3.8, 4) is 11.1 Å². The van der Waals surface area contributed by atoms with Crippen molar-refractivity contribution in [2.24, 2.45) is 0 Å². The maximum Gasteiger partial charge on any atom is 0.0499 e. The van der Waals surface area contributed by atoms with Gasteiger partial charge in [-0.15, -0.1) is 0 Å². The average molecular weight is 308 g/mol. The fraction of sp³-hybridized carbons (Fsp3) is 0.294. The minimum atomic E-state index is 0.449. The van der Waals surface area contributed by atoms with E-state index in [2.05, 4.69) is 44.3 Å². The molecule has 0 aliphatic heterocycles. The Bertz CT molecular complexity index is 606. The summed E-state index contributed by atoms with van der Waals surface area (Å²) in [7, 11) is 0. The first-order valence-corrected chi connectivity index (χ1v) is 7.51. The van der Waals surface area contributed by atoms with Gasteiger partial charge in [-0.05, 0) is 30.2 Å². The number of aryl methyl sites for hydroxylation is 1. The zero-order valence-corrected chi connectivity index (χ0v) is 13.5. The SMILES string of the molecule is Cc1ccc(CNC(C)C)c(-c2ccc(Cl)cc2Cl)c1. The fourth-order valence-electron chi connectivity index (χ4n) is 2.12. The summed E-state index contributed by atoms with van der Waals surface area (Å²) >= 11 is 12.3. The molecule has 2 aromatic carbocycles. The normalized spacial score (nSPS) is 11.1. The van der Waals surface area contributed by atoms with E-state index in [4.69, 9.17) is 23.2 Å². The Morgan fingerprint density at radius 1 is 1.00 bits per heavy atom. The molecule has 2 aromatic rings. The van der Waals surface area contributed by atoms with Crippen LogP contribution in [0.25, 0.3) is 11.1 Å². The Balaban J connectivity index is 2.45. The summed E-state index contributed by atoms with van der Waals surface area (Å²) in [5.41, 5.74) is 4.66. The van der Waals surface area contributed by atoms with Gasteiger partial charge in [-0.2, -0.15) is 0 Å². The number of hydrogen-bond acceptors (Lipinski definition) is 1. The van der Waals surface area contributed by atoms with Gasteiger partial charge in [-0.25, -0.2) is 0 Å². The van der Waals surface area contributed by atoms with Gasteiger partial charge in [0.1, 0.15) is 0 Å². The topological polar surface area (TPSA) is 12.0 Å². The number of halogens is 2. The maximum absolute atomic E-state index is 6.35. The second kappa shape index (κ2) is 6.62. The molecule has 0 amide bonds. The van der Waals surface area contributed by atoms with Crippen molar-refractivity contribution in [2.75, 3.05) is 0 Å². The van der Waals surface area contributed by atoms with E-state index in [0.717, 1.165) is 12.1 Å². The Morgan fingerprint density at radius 2 is 1.75 bits per heavy atom. The number of nitrogens with one attached hydrogen (secondary N) is 1. The predicted octanol–water partition coefficient (Wildman–Crippen LogP) is 5.47. The van der Waals surface area contributed by atoms with Gasteiger partial charge in [0, 0.05) is 28.2 Å². The number of rotatable bonds is 4. The molecule has 2 rings (SSSR count). The number of benzene rings is 2. The zero-order valence-electron chi connectivity index (χ0n) is 12.0. The van der Waals surface area contributed by atoms with Gasteiger partial charge in [0.25, 0.3) is 0 Å². The average Bonchev–Trinajstić information content (AvgIpc) is 2.37. The Hall–Kier alpha value is -1.02. The van der Waals surface area contributed by atoms with E-state index < -0.39 is 0 Å². The smallest absolute Gasteiger partial charge is 0.0499 e. The van der Waals surface area contributed by atoms with Crippen LogP contribution in [0.1, 0.15) is 25.0 Å². The second-order valence-corrected chi connectivity index (χ2v) is 6.16. The summed E-state index contributed by atoms with van der Waals surface area (Å²) in [6.45, 7) is 7.20. The highest BCUT2D eigenvalue weighted by molar-refractivity contribution is 6.36. The van der Waals surface area contributed by atoms with Gasteiger partial charge in [0.2, 0.25) is 0 Å². The minimum Gasteiger partial charge on any atom is -0.310 e. The zero-order chi connectivity index (χ0) is 14.7. The standard InChI is InChI=1S/C17H19Cl2N/c1-11(2)20-10-13-5-4-12(3)8-16(13)15-7-6-14(18)9-17(15)19/h4-9,11,20H,10H2,1-3H3. The Kier molecular flexibility index (Phi) is 5.09. The van der Waals surface area contributed by atoms with Crippen LogP contribution in [0.2, 0.25) is 10.0 Å². The molecule has 0 heterocycles. The van der Waals surface area contributed by atoms with Gasteiger partial charge < -0.3 is 5.32 Å². The second-order valence-electron chi connectivity index (χ2n) is 5.32. The summed E-state index contributed by atoms with van der Waals surface area (Å²) in [4.78, 5) is 0. The summed E-state index contributed by atoms with van der Waals surface area (Å²) in [5.74, 6) is 0. The van der Waals surface area contributed by atoms with Crippen molar-refractivity contribution in [2.45, 2.75) is 33.4 Å². The molecule has 106 valence electrons. The molecule has 20 heavy (non-hydrogen) atoms. The van der Waals surface area contributed by atoms with E-state index in [-0.39, 0.29) is 0 Å². The van der Waals surface area contributed by atoms with Crippen LogP contribution in [0.5, 0.6) is 0 Å². The molecule has 1 N–H and O–H groups in total. The number of hydrogen-bond donors (Lipinski definition) is 1. The molecule has 0 radical (unpaired) electrons. The van der Waals surface area contributed by atoms with Crippen LogP contribution in [0.15, 0.2) is 36.4 Å². The molecule has 0 spiro atoms. The molecule has 0 saturated carbocycles. The maximum atomic E-state index is 6.35. The molecular weight excluding hydrogens is 289 g/mol. The quantitative estimate of drug-likeness (QED) is 0.790. The van der Waals surface area contributed by atoms with Gasteiger partial charge in [0.05, 0.1) is 0 Å². The fourth-order valence-corrected chi connectivity index (χ4v) is 2.63. The van der Waals surface area contributed by atoms with Crippen molar-refractivity contribution in [1.82, 2.24) is 5.32 Å². The van der Waals surface area contributed by atoms with Crippen molar-refractivity contribution >= 4 is 23.2 Å². The third-order valence-corrected chi connectivity index (χ3v) is 3.74. The Labute approximate surface area is 130 Å². The lowest BCUT2D eigenvalue weighted by molar-refractivity contribution is 0.589. The van der Waals surface area contributed by atoms with E-state index in [1.54, 1.807) is 6.07 Å². The molecule has 0 unspecified atom stereocenters. The summed E-state index contributed by atoms with van der Waals surface area (Å²) < 4.78 is 0. The van der Waals surface area contributed by atoms with Crippen LogP contribution in [0.4, 0.5) is 0 Å². The summed E-state index contributed by atoms with van der Waals surface area (Å²) in [6, 6.07) is 12.6. The third kappa shape index (κ3) is 3.76. The van der Waals surface area contributed by atoms with Crippen molar-refractivity contribution < 1.29 is 0 Å². The lowest BCUT2D eigenvalue weighted by atomic mass is 9.97. The predicted molar refractivity (Wildman–Crippen MR) is 88.6 cm³/mol. The first-order chi connectivity index (χ1) is 9.47. The molecular formula is C17H19Cl2N. The first kappa shape index (κ1) is 15.4. The highest BCUT2D eigenvalue weighted by atomic mass is 35.5. The highest BCUT2D eigenvalue weighted by Crippen LogP contribution is 2.33. The van der Waals surface area contributed by atoms with Crippen LogP contribution in [0, 0.1) is 6.92 Å². The van der Waals surface area contributed by atoms with Crippen molar-refractivity contribution in [3.05, 3.63) is 57.6 Å². The Morgan fingerprint density at radius 3 is 2.40 bits per heavy atom. The van der Waals surface area contributed by atoms with Gasteiger partial charge in [-0.1, -0.05) is 66.9 Å². The summed E-state index contributed by atoms with van der Waals surface area (Å²) in [6.07, 6.45) is 0. The van der Waals surface area contributed by atoms with Crippen LogP contribution in [-0.4, -0.2) is 6.04 Å². The lowest BCUT2D eigenvalue weighted by Gasteiger charge is -2.15. The van der Waals surface area contributed by atoms with E-state index in [1.165, 1.54) is 16.7 Å². The van der Waals surface area contributed by atoms with Crippen LogP contribution < -0.4 is 5.32 Å². The molecule has 0 saturated heterocycles. The minimum absolute atomic E-state index is 0.449. The van der Waals surface area contributed by atoms with Gasteiger partial charge in [0.15, 0.2) is 0 Å². The van der Waals surface area contributed by atoms with Crippen LogP contribution >= 0.6 is 23.2 Å². The first-order valence-electron chi connectivity index (χ1n) is 6.75. The molecule has 1 nitrogen and oxygen atoms in total. The van der Waals surface area contributed by atoms with Gasteiger partial charge >= 0.3 is 0 Å². The molecule has 3 heteroatoms. The molecule has 0 aromatic heterocycles. The van der Waals surface area contributed by atoms with E-state index in [1.807, 2.05) is 12.1 Å². The van der Waals surface area contributed by atoms with E-state index in [9.17, 15) is 0 Å². The van der Waals surface area contributed by atoms with Crippen molar-refractivity contribution in [1.29, 1.82) is 0 Å². The molecule has 0 atom stereocenters. The monoisotopic (exact) mass is 307 g/mol. The molecule has 0 aliphatic carbocycles. The third-order valence-electron chi connectivity index (χ3n) is 3.19. The van der Waals surface area contributed by atoms with Crippen molar-refractivity contribution in [3.63, 3.8) is 0 Å². The molecule has 0 fully saturated rings. The van der Waals surface area contributed by atoms with E-state index in [0.29, 0.717) is 16.1 Å².